The molecule has 17 heavy (non-hydrogen) atoms. The van der Waals surface area contributed by atoms with Gasteiger partial charge in [-0.1, -0.05) is 6.07 Å². The Balaban J connectivity index is 2.17. The van der Waals surface area contributed by atoms with Gasteiger partial charge in [-0.2, -0.15) is 0 Å². The van der Waals surface area contributed by atoms with Crippen LogP contribution in [0.2, 0.25) is 0 Å². The molecule has 0 radical (unpaired) electrons. The molecular weight excluding hydrogens is 216 g/mol. The molecule has 92 valence electrons. The number of hydrogen-bond acceptors (Lipinski definition) is 3. The van der Waals surface area contributed by atoms with E-state index >= 15 is 0 Å². The van der Waals surface area contributed by atoms with Crippen LogP contribution in [0, 0.1) is 0 Å². The fourth-order valence-corrected chi connectivity index (χ4v) is 2.06. The number of anilines is 1. The summed E-state index contributed by atoms with van der Waals surface area (Å²) in [5, 5.41) is 15.2. The Morgan fingerprint density at radius 3 is 3.18 bits per heavy atom. The molecule has 0 saturated heterocycles. The standard InChI is InChI=1S/C13H18N2O2/c1-9(16)8-15-13(17)11-4-2-6-12-10(11)5-3-7-14-12/h2,4,6,9,14,16H,3,5,7-8H2,1H3,(H,15,17)/t9-/m0/s1. The molecule has 3 N–H and O–H groups in total. The summed E-state index contributed by atoms with van der Waals surface area (Å²) in [6.45, 7) is 2.91. The van der Waals surface area contributed by atoms with Gasteiger partial charge in [-0.25, -0.2) is 0 Å². The first-order valence-corrected chi connectivity index (χ1v) is 6.00. The highest BCUT2D eigenvalue weighted by atomic mass is 16.3. The Labute approximate surface area is 101 Å². The van der Waals surface area contributed by atoms with Crippen LogP contribution in [-0.4, -0.2) is 30.2 Å². The van der Waals surface area contributed by atoms with Crippen molar-refractivity contribution in [2.45, 2.75) is 25.9 Å². The van der Waals surface area contributed by atoms with Gasteiger partial charge in [0.1, 0.15) is 0 Å². The van der Waals surface area contributed by atoms with Crippen LogP contribution in [0.3, 0.4) is 0 Å². The average molecular weight is 234 g/mol. The van der Waals surface area contributed by atoms with Crippen molar-refractivity contribution < 1.29 is 9.90 Å². The van der Waals surface area contributed by atoms with Gasteiger partial charge in [0, 0.05) is 24.3 Å². The number of rotatable bonds is 3. The zero-order chi connectivity index (χ0) is 12.3. The maximum atomic E-state index is 12.0. The first-order chi connectivity index (χ1) is 8.18. The summed E-state index contributed by atoms with van der Waals surface area (Å²) >= 11 is 0. The second kappa shape index (κ2) is 5.19. The van der Waals surface area contributed by atoms with Crippen LogP contribution in [0.15, 0.2) is 18.2 Å². The minimum atomic E-state index is -0.517. The predicted octanol–water partition coefficient (Wildman–Crippen LogP) is 1.16. The maximum Gasteiger partial charge on any atom is 0.251 e. The highest BCUT2D eigenvalue weighted by molar-refractivity contribution is 5.97. The number of fused-ring (bicyclic) bond motifs is 1. The van der Waals surface area contributed by atoms with Gasteiger partial charge in [0.2, 0.25) is 0 Å². The molecule has 0 fully saturated rings. The zero-order valence-electron chi connectivity index (χ0n) is 9.99. The smallest absolute Gasteiger partial charge is 0.251 e. The number of nitrogens with one attached hydrogen (secondary N) is 2. The minimum Gasteiger partial charge on any atom is -0.392 e. The molecule has 1 heterocycles. The Hall–Kier alpha value is -1.55. The van der Waals surface area contributed by atoms with E-state index in [9.17, 15) is 4.79 Å². The van der Waals surface area contributed by atoms with E-state index in [4.69, 9.17) is 5.11 Å². The van der Waals surface area contributed by atoms with Gasteiger partial charge < -0.3 is 15.7 Å². The molecule has 0 bridgehead atoms. The molecule has 2 rings (SSSR count). The quantitative estimate of drug-likeness (QED) is 0.735. The van der Waals surface area contributed by atoms with Crippen LogP contribution in [0.25, 0.3) is 0 Å². The third kappa shape index (κ3) is 2.77. The van der Waals surface area contributed by atoms with Crippen LogP contribution in [0.1, 0.15) is 29.3 Å². The van der Waals surface area contributed by atoms with Gasteiger partial charge >= 0.3 is 0 Å². The van der Waals surface area contributed by atoms with E-state index in [0.29, 0.717) is 0 Å². The summed E-state index contributed by atoms with van der Waals surface area (Å²) in [6.07, 6.45) is 1.46. The molecule has 1 atom stereocenters. The Kier molecular flexibility index (Phi) is 3.64. The summed E-state index contributed by atoms with van der Waals surface area (Å²) in [4.78, 5) is 12.0. The summed E-state index contributed by atoms with van der Waals surface area (Å²) in [5.41, 5.74) is 2.86. The second-order valence-electron chi connectivity index (χ2n) is 4.42. The fourth-order valence-electron chi connectivity index (χ4n) is 2.06. The Morgan fingerprint density at radius 1 is 1.59 bits per heavy atom. The fraction of sp³-hybridized carbons (Fsp3) is 0.462. The molecule has 1 aromatic carbocycles. The normalized spacial score (nSPS) is 15.6. The number of carbonyl (C=O) groups is 1. The minimum absolute atomic E-state index is 0.105. The van der Waals surface area contributed by atoms with Gasteiger partial charge in [0.05, 0.1) is 6.10 Å². The Bertz CT molecular complexity index is 416. The Morgan fingerprint density at radius 2 is 2.41 bits per heavy atom. The van der Waals surface area contributed by atoms with Gasteiger partial charge in [-0.3, -0.25) is 4.79 Å². The van der Waals surface area contributed by atoms with Crippen LogP contribution in [0.5, 0.6) is 0 Å². The summed E-state index contributed by atoms with van der Waals surface area (Å²) in [6, 6.07) is 5.72. The molecular formula is C13H18N2O2. The first kappa shape index (κ1) is 11.9. The van der Waals surface area contributed by atoms with E-state index in [1.807, 2.05) is 18.2 Å². The highest BCUT2D eigenvalue weighted by Gasteiger charge is 2.17. The zero-order valence-corrected chi connectivity index (χ0v) is 9.99. The van der Waals surface area contributed by atoms with Crippen molar-refractivity contribution in [2.75, 3.05) is 18.4 Å². The lowest BCUT2D eigenvalue weighted by Gasteiger charge is -2.20. The van der Waals surface area contributed by atoms with E-state index in [1.54, 1.807) is 6.92 Å². The SMILES string of the molecule is C[C@H](O)CNC(=O)c1cccc2c1CCCN2. The number of benzene rings is 1. The molecule has 0 unspecified atom stereocenters. The molecule has 0 saturated carbocycles. The number of amides is 1. The van der Waals surface area contributed by atoms with Crippen LogP contribution < -0.4 is 10.6 Å². The highest BCUT2D eigenvalue weighted by Crippen LogP contribution is 2.25. The second-order valence-corrected chi connectivity index (χ2v) is 4.42. The summed E-state index contributed by atoms with van der Waals surface area (Å²) < 4.78 is 0. The molecule has 4 nitrogen and oxygen atoms in total. The van der Waals surface area contributed by atoms with E-state index in [-0.39, 0.29) is 12.5 Å². The van der Waals surface area contributed by atoms with Crippen molar-refractivity contribution in [1.29, 1.82) is 0 Å². The summed E-state index contributed by atoms with van der Waals surface area (Å²) in [7, 11) is 0. The molecule has 1 aromatic rings. The lowest BCUT2D eigenvalue weighted by molar-refractivity contribution is 0.0923. The van der Waals surface area contributed by atoms with Crippen molar-refractivity contribution in [1.82, 2.24) is 5.32 Å². The molecule has 0 spiro atoms. The number of hydrogen-bond donors (Lipinski definition) is 3. The lowest BCUT2D eigenvalue weighted by Crippen LogP contribution is -2.31. The molecule has 1 aliphatic heterocycles. The van der Waals surface area contributed by atoms with Gasteiger partial charge in [0.25, 0.3) is 5.91 Å². The number of aliphatic hydroxyl groups excluding tert-OH is 1. The largest absolute Gasteiger partial charge is 0.392 e. The van der Waals surface area contributed by atoms with Crippen molar-refractivity contribution in [3.05, 3.63) is 29.3 Å². The molecule has 0 aromatic heterocycles. The van der Waals surface area contributed by atoms with Gasteiger partial charge in [0.15, 0.2) is 0 Å². The third-order valence-corrected chi connectivity index (χ3v) is 2.90. The number of carbonyl (C=O) groups excluding carboxylic acids is 1. The van der Waals surface area contributed by atoms with Crippen molar-refractivity contribution in [3.63, 3.8) is 0 Å². The maximum absolute atomic E-state index is 12.0. The van der Waals surface area contributed by atoms with Crippen LogP contribution >= 0.6 is 0 Å². The first-order valence-electron chi connectivity index (χ1n) is 6.00. The monoisotopic (exact) mass is 234 g/mol. The lowest BCUT2D eigenvalue weighted by atomic mass is 9.97. The topological polar surface area (TPSA) is 61.4 Å². The van der Waals surface area contributed by atoms with Crippen molar-refractivity contribution in [3.8, 4) is 0 Å². The van der Waals surface area contributed by atoms with E-state index in [2.05, 4.69) is 10.6 Å². The van der Waals surface area contributed by atoms with E-state index in [0.717, 1.165) is 36.2 Å². The van der Waals surface area contributed by atoms with Crippen LogP contribution in [0.4, 0.5) is 5.69 Å². The van der Waals surface area contributed by atoms with Gasteiger partial charge in [-0.15, -0.1) is 0 Å². The molecule has 4 heteroatoms. The van der Waals surface area contributed by atoms with E-state index in [1.165, 1.54) is 0 Å². The van der Waals surface area contributed by atoms with Crippen molar-refractivity contribution >= 4 is 11.6 Å². The molecule has 0 aliphatic carbocycles. The molecule has 1 aliphatic rings. The van der Waals surface area contributed by atoms with Crippen LogP contribution in [-0.2, 0) is 6.42 Å². The van der Waals surface area contributed by atoms with Crippen molar-refractivity contribution in [2.24, 2.45) is 0 Å². The number of aliphatic hydroxyl groups is 1. The van der Waals surface area contributed by atoms with Gasteiger partial charge in [-0.05, 0) is 37.5 Å². The molecule has 1 amide bonds. The average Bonchev–Trinajstić information content (AvgIpc) is 2.35. The van der Waals surface area contributed by atoms with E-state index < -0.39 is 6.10 Å². The summed E-state index contributed by atoms with van der Waals surface area (Å²) in [5.74, 6) is -0.105. The third-order valence-electron chi connectivity index (χ3n) is 2.90. The predicted molar refractivity (Wildman–Crippen MR) is 67.3 cm³/mol.